The summed E-state index contributed by atoms with van der Waals surface area (Å²) in [7, 11) is -3.39. The first kappa shape index (κ1) is 25.3. The Balaban J connectivity index is 1.46. The van der Waals surface area contributed by atoms with Crippen molar-refractivity contribution in [1.82, 2.24) is 9.71 Å². The zero-order valence-corrected chi connectivity index (χ0v) is 21.6. The molecule has 1 aliphatic rings. The Labute approximate surface area is 216 Å². The van der Waals surface area contributed by atoms with E-state index in [0.717, 1.165) is 29.7 Å². The van der Waals surface area contributed by atoms with Gasteiger partial charge < -0.3 is 4.90 Å². The van der Waals surface area contributed by atoms with E-state index in [1.54, 1.807) is 18.5 Å². The van der Waals surface area contributed by atoms with Gasteiger partial charge in [-0.2, -0.15) is 0 Å². The molecule has 0 amide bonds. The molecule has 1 fully saturated rings. The van der Waals surface area contributed by atoms with Gasteiger partial charge in [0.25, 0.3) is 0 Å². The molecule has 2 heterocycles. The Kier molecular flexibility index (Phi) is 8.38. The third kappa shape index (κ3) is 6.64. The number of hydrogen-bond acceptors (Lipinski definition) is 4. The van der Waals surface area contributed by atoms with Crippen LogP contribution in [0.4, 0.5) is 5.69 Å². The lowest BCUT2D eigenvalue weighted by Gasteiger charge is -2.42. The fourth-order valence-corrected chi connectivity index (χ4v) is 6.14. The summed E-state index contributed by atoms with van der Waals surface area (Å²) < 4.78 is 28.0. The van der Waals surface area contributed by atoms with Crippen LogP contribution in [0.25, 0.3) is 0 Å². The fourth-order valence-electron chi connectivity index (χ4n) is 4.34. The maximum Gasteiger partial charge on any atom is 0.211 e. The maximum atomic E-state index is 12.6. The number of anilines is 1. The second-order valence-electron chi connectivity index (χ2n) is 8.53. The first-order valence-electron chi connectivity index (χ1n) is 11.1. The van der Waals surface area contributed by atoms with Gasteiger partial charge in [-0.05, 0) is 84.8 Å². The van der Waals surface area contributed by atoms with Crippen LogP contribution in [0, 0.1) is 5.92 Å². The van der Waals surface area contributed by atoms with Crippen LogP contribution >= 0.6 is 34.8 Å². The number of rotatable bonds is 8. The number of nitrogens with zero attached hydrogens (tertiary/aromatic N) is 2. The highest BCUT2D eigenvalue weighted by Crippen LogP contribution is 2.40. The molecule has 2 atom stereocenters. The summed E-state index contributed by atoms with van der Waals surface area (Å²) in [6.45, 7) is 1.09. The van der Waals surface area contributed by atoms with Crippen LogP contribution in [0.1, 0.15) is 30.0 Å². The molecule has 1 aromatic heterocycles. The van der Waals surface area contributed by atoms with Crippen LogP contribution in [0.2, 0.25) is 15.1 Å². The molecule has 5 nitrogen and oxygen atoms in total. The van der Waals surface area contributed by atoms with Gasteiger partial charge >= 0.3 is 0 Å². The molecule has 9 heteroatoms. The molecule has 2 aromatic carbocycles. The van der Waals surface area contributed by atoms with Crippen LogP contribution in [0.3, 0.4) is 0 Å². The van der Waals surface area contributed by atoms with Gasteiger partial charge in [-0.15, -0.1) is 0 Å². The summed E-state index contributed by atoms with van der Waals surface area (Å²) in [5.41, 5.74) is 2.98. The summed E-state index contributed by atoms with van der Waals surface area (Å²) in [5.74, 6) is 0.210. The second kappa shape index (κ2) is 11.3. The smallest absolute Gasteiger partial charge is 0.211 e. The van der Waals surface area contributed by atoms with E-state index in [2.05, 4.69) is 14.6 Å². The molecule has 0 saturated carbocycles. The largest absolute Gasteiger partial charge is 0.364 e. The highest BCUT2D eigenvalue weighted by atomic mass is 35.5. The number of aryl methyl sites for hydroxylation is 1. The highest BCUT2D eigenvalue weighted by molar-refractivity contribution is 7.89. The lowest BCUT2D eigenvalue weighted by atomic mass is 9.88. The molecule has 3 aromatic rings. The van der Waals surface area contributed by atoms with E-state index < -0.39 is 10.0 Å². The Hall–Kier alpha value is -1.83. The van der Waals surface area contributed by atoms with Crippen LogP contribution in [-0.4, -0.2) is 32.2 Å². The van der Waals surface area contributed by atoms with E-state index in [4.69, 9.17) is 34.8 Å². The first-order valence-corrected chi connectivity index (χ1v) is 13.9. The van der Waals surface area contributed by atoms with E-state index in [1.165, 1.54) is 0 Å². The normalized spacial score (nSPS) is 18.7. The summed E-state index contributed by atoms with van der Waals surface area (Å²) in [6, 6.07) is 17.0. The zero-order chi connectivity index (χ0) is 24.1. The summed E-state index contributed by atoms with van der Waals surface area (Å²) in [5, 5.41) is 1.90. The van der Waals surface area contributed by atoms with Gasteiger partial charge in [-0.25, -0.2) is 13.1 Å². The number of nitrogens with one attached hydrogen (secondary N) is 1. The van der Waals surface area contributed by atoms with Gasteiger partial charge in [0.2, 0.25) is 10.0 Å². The van der Waals surface area contributed by atoms with Crippen molar-refractivity contribution in [3.05, 3.63) is 93.2 Å². The third-order valence-electron chi connectivity index (χ3n) is 6.16. The number of piperidine rings is 1. The molecular weight excluding hydrogens is 513 g/mol. The van der Waals surface area contributed by atoms with Gasteiger partial charge in [0.05, 0.1) is 11.8 Å². The van der Waals surface area contributed by atoms with Crippen LogP contribution in [-0.2, 0) is 16.4 Å². The number of aromatic nitrogens is 1. The Morgan fingerprint density at radius 2 is 1.65 bits per heavy atom. The van der Waals surface area contributed by atoms with E-state index in [0.29, 0.717) is 34.6 Å². The molecule has 0 bridgehead atoms. The molecule has 0 spiro atoms. The fraction of sp³-hybridized carbons (Fsp3) is 0.320. The Morgan fingerprint density at radius 3 is 2.35 bits per heavy atom. The molecule has 0 aliphatic carbocycles. The number of sulfonamides is 1. The molecule has 180 valence electrons. The van der Waals surface area contributed by atoms with Gasteiger partial charge in [0.1, 0.15) is 0 Å². The monoisotopic (exact) mass is 537 g/mol. The van der Waals surface area contributed by atoms with Crippen molar-refractivity contribution in [1.29, 1.82) is 0 Å². The lowest BCUT2D eigenvalue weighted by molar-refractivity contribution is 0.358. The highest BCUT2D eigenvalue weighted by Gasteiger charge is 2.31. The predicted molar refractivity (Wildman–Crippen MR) is 140 cm³/mol. The van der Waals surface area contributed by atoms with Crippen molar-refractivity contribution in [2.45, 2.75) is 25.3 Å². The van der Waals surface area contributed by atoms with Gasteiger partial charge in [-0.1, -0.05) is 40.9 Å². The molecule has 1 saturated heterocycles. The van der Waals surface area contributed by atoms with Gasteiger partial charge in [-0.3, -0.25) is 4.98 Å². The van der Waals surface area contributed by atoms with Crippen molar-refractivity contribution >= 4 is 50.5 Å². The first-order chi connectivity index (χ1) is 16.3. The van der Waals surface area contributed by atoms with Crippen LogP contribution in [0.15, 0.2) is 67.0 Å². The minimum atomic E-state index is -3.39. The summed E-state index contributed by atoms with van der Waals surface area (Å²) in [6.07, 6.45) is 5.52. The van der Waals surface area contributed by atoms with Crippen LogP contribution < -0.4 is 9.62 Å². The Bertz CT molecular complexity index is 1210. The summed E-state index contributed by atoms with van der Waals surface area (Å²) >= 11 is 18.8. The second-order valence-corrected chi connectivity index (χ2v) is 11.7. The van der Waals surface area contributed by atoms with Crippen molar-refractivity contribution < 1.29 is 8.42 Å². The maximum absolute atomic E-state index is 12.6. The van der Waals surface area contributed by atoms with E-state index in [-0.39, 0.29) is 17.7 Å². The molecule has 1 N–H and O–H groups in total. The van der Waals surface area contributed by atoms with Crippen molar-refractivity contribution in [2.24, 2.45) is 5.92 Å². The number of halogens is 3. The van der Waals surface area contributed by atoms with E-state index in [9.17, 15) is 8.42 Å². The minimum Gasteiger partial charge on any atom is -0.364 e. The predicted octanol–water partition coefficient (Wildman–Crippen LogP) is 6.16. The lowest BCUT2D eigenvalue weighted by Crippen LogP contribution is -2.43. The molecule has 1 aliphatic heterocycles. The average molecular weight is 539 g/mol. The third-order valence-corrected chi connectivity index (χ3v) is 8.32. The Morgan fingerprint density at radius 1 is 0.941 bits per heavy atom. The molecule has 34 heavy (non-hydrogen) atoms. The standard InChI is InChI=1S/C25H26Cl3N3O2S/c26-20-2-5-22(6-3-20)31-17-19(1-8-25(31)23-7-4-21(27)15-24(23)28)16-30-34(32,33)14-11-18-9-12-29-13-10-18/h2-7,9-10,12-13,15,19,25,30H,1,8,11,14,16-17H2/t19-,25-/m0/s1. The van der Waals surface area contributed by atoms with Crippen LogP contribution in [0.5, 0.6) is 0 Å². The quantitative estimate of drug-likeness (QED) is 0.373. The average Bonchev–Trinajstić information content (AvgIpc) is 2.83. The van der Waals surface area contributed by atoms with E-state index in [1.807, 2.05) is 48.5 Å². The number of hydrogen-bond donors (Lipinski definition) is 1. The number of pyridine rings is 1. The SMILES string of the molecule is O=S(=O)(CCc1ccncc1)NC[C@@H]1CC[C@@H](c2ccc(Cl)cc2Cl)N(c2ccc(Cl)cc2)C1. The van der Waals surface area contributed by atoms with Gasteiger partial charge in [0.15, 0.2) is 0 Å². The van der Waals surface area contributed by atoms with Crippen molar-refractivity contribution in [3.63, 3.8) is 0 Å². The zero-order valence-electron chi connectivity index (χ0n) is 18.5. The van der Waals surface area contributed by atoms with Gasteiger partial charge in [0, 0.05) is 46.2 Å². The molecular formula is C25H26Cl3N3O2S. The minimum absolute atomic E-state index is 0.0492. The molecule has 0 radical (unpaired) electrons. The molecule has 4 rings (SSSR count). The van der Waals surface area contributed by atoms with E-state index >= 15 is 0 Å². The van der Waals surface area contributed by atoms with Crippen molar-refractivity contribution in [3.8, 4) is 0 Å². The molecule has 0 unspecified atom stereocenters. The number of benzene rings is 2. The van der Waals surface area contributed by atoms with Crippen molar-refractivity contribution in [2.75, 3.05) is 23.7 Å². The summed E-state index contributed by atoms with van der Waals surface area (Å²) in [4.78, 5) is 6.25. The topological polar surface area (TPSA) is 62.3 Å².